The summed E-state index contributed by atoms with van der Waals surface area (Å²) in [6.45, 7) is 0.301. The maximum Gasteiger partial charge on any atom is 0.288 e. The van der Waals surface area contributed by atoms with E-state index in [1.165, 1.54) is 12.1 Å². The zero-order valence-corrected chi connectivity index (χ0v) is 9.24. The number of benzene rings is 1. The first-order chi connectivity index (χ1) is 7.70. The van der Waals surface area contributed by atoms with E-state index in [-0.39, 0.29) is 10.8 Å². The lowest BCUT2D eigenvalue weighted by molar-refractivity contribution is -0.132. The second kappa shape index (κ2) is 4.65. The minimum Gasteiger partial charge on any atom is -0.271 e. The van der Waals surface area contributed by atoms with E-state index in [9.17, 15) is 14.0 Å². The minimum absolute atomic E-state index is 0.289. The van der Waals surface area contributed by atoms with Crippen molar-refractivity contribution in [3.8, 4) is 0 Å². The van der Waals surface area contributed by atoms with E-state index >= 15 is 0 Å². The van der Waals surface area contributed by atoms with Gasteiger partial charge in [-0.3, -0.25) is 14.5 Å². The van der Waals surface area contributed by atoms with Gasteiger partial charge in [0, 0.05) is 12.3 Å². The van der Waals surface area contributed by atoms with E-state index in [0.29, 0.717) is 12.3 Å². The molecule has 0 aliphatic carbocycles. The van der Waals surface area contributed by atoms with Crippen molar-refractivity contribution in [2.24, 2.45) is 0 Å². The Hall–Kier alpha value is -1.36. The molecule has 0 unspecified atom stereocenters. The molecule has 2 amide bonds. The van der Waals surface area contributed by atoms with Gasteiger partial charge in [0.15, 0.2) is 0 Å². The smallest absolute Gasteiger partial charge is 0.271 e. The fourth-order valence-electron chi connectivity index (χ4n) is 1.50. The highest BCUT2D eigenvalue weighted by molar-refractivity contribution is 8.13. The van der Waals surface area contributed by atoms with Crippen LogP contribution in [0.25, 0.3) is 0 Å². The summed E-state index contributed by atoms with van der Waals surface area (Å²) in [6.07, 6.45) is -1.75. The molecule has 1 heterocycles. The molecular formula is C11H10FNO2S. The van der Waals surface area contributed by atoms with Crippen molar-refractivity contribution in [1.82, 2.24) is 4.90 Å². The van der Waals surface area contributed by atoms with E-state index < -0.39 is 12.1 Å². The standard InChI is InChI=1S/C11H10FNO2S/c12-9(8-4-2-1-3-5-8)10(14)13-6-7-16-11(13)15/h1-5,9H,6-7H2/t9-/m1/s1. The van der Waals surface area contributed by atoms with E-state index in [1.54, 1.807) is 18.2 Å². The van der Waals surface area contributed by atoms with Crippen LogP contribution in [0.5, 0.6) is 0 Å². The molecule has 3 nitrogen and oxygen atoms in total. The Bertz CT molecular complexity index is 410. The van der Waals surface area contributed by atoms with E-state index in [0.717, 1.165) is 16.7 Å². The number of hydrogen-bond acceptors (Lipinski definition) is 3. The van der Waals surface area contributed by atoms with Crippen molar-refractivity contribution < 1.29 is 14.0 Å². The number of imide groups is 1. The molecule has 1 aliphatic heterocycles. The fourth-order valence-corrected chi connectivity index (χ4v) is 2.28. The predicted octanol–water partition coefficient (Wildman–Crippen LogP) is 2.39. The molecular weight excluding hydrogens is 229 g/mol. The summed E-state index contributed by atoms with van der Waals surface area (Å²) in [5.41, 5.74) is 0.289. The predicted molar refractivity (Wildman–Crippen MR) is 59.9 cm³/mol. The SMILES string of the molecule is O=C1SCCN1C(=O)[C@H](F)c1ccccc1. The van der Waals surface area contributed by atoms with Gasteiger partial charge < -0.3 is 0 Å². The average Bonchev–Trinajstić information content (AvgIpc) is 2.75. The fraction of sp³-hybridized carbons (Fsp3) is 0.273. The second-order valence-corrected chi connectivity index (χ2v) is 4.42. The molecule has 0 spiro atoms. The van der Waals surface area contributed by atoms with Crippen LogP contribution in [0.3, 0.4) is 0 Å². The van der Waals surface area contributed by atoms with Gasteiger partial charge in [-0.05, 0) is 5.56 Å². The number of rotatable bonds is 2. The molecule has 16 heavy (non-hydrogen) atoms. The largest absolute Gasteiger partial charge is 0.288 e. The Morgan fingerprint density at radius 3 is 2.62 bits per heavy atom. The molecule has 1 aromatic rings. The van der Waals surface area contributed by atoms with Crippen molar-refractivity contribution in [1.29, 1.82) is 0 Å². The quantitative estimate of drug-likeness (QED) is 0.795. The molecule has 1 fully saturated rings. The molecule has 2 rings (SSSR count). The normalized spacial score (nSPS) is 17.6. The third kappa shape index (κ3) is 2.09. The van der Waals surface area contributed by atoms with Gasteiger partial charge in [0.25, 0.3) is 11.1 Å². The lowest BCUT2D eigenvalue weighted by Crippen LogP contribution is -2.33. The van der Waals surface area contributed by atoms with Gasteiger partial charge in [-0.25, -0.2) is 4.39 Å². The molecule has 84 valence electrons. The van der Waals surface area contributed by atoms with Crippen LogP contribution in [0.4, 0.5) is 9.18 Å². The summed E-state index contributed by atoms with van der Waals surface area (Å²) in [4.78, 5) is 23.9. The van der Waals surface area contributed by atoms with Crippen molar-refractivity contribution >= 4 is 22.9 Å². The van der Waals surface area contributed by atoms with Gasteiger partial charge >= 0.3 is 0 Å². The first-order valence-corrected chi connectivity index (χ1v) is 5.86. The monoisotopic (exact) mass is 239 g/mol. The minimum atomic E-state index is -1.75. The van der Waals surface area contributed by atoms with Crippen molar-refractivity contribution in [2.45, 2.75) is 6.17 Å². The van der Waals surface area contributed by atoms with E-state index in [4.69, 9.17) is 0 Å². The van der Waals surface area contributed by atoms with Gasteiger partial charge in [-0.15, -0.1) is 0 Å². The topological polar surface area (TPSA) is 37.4 Å². The first-order valence-electron chi connectivity index (χ1n) is 4.87. The molecule has 1 aliphatic rings. The Kier molecular flexibility index (Phi) is 3.24. The zero-order chi connectivity index (χ0) is 11.5. The summed E-state index contributed by atoms with van der Waals surface area (Å²) in [6, 6.07) is 8.15. The van der Waals surface area contributed by atoms with Crippen LogP contribution in [0.15, 0.2) is 30.3 Å². The molecule has 1 atom stereocenters. The molecule has 0 N–H and O–H groups in total. The van der Waals surface area contributed by atoms with Crippen LogP contribution >= 0.6 is 11.8 Å². The van der Waals surface area contributed by atoms with Crippen molar-refractivity contribution in [2.75, 3.05) is 12.3 Å². The highest BCUT2D eigenvalue weighted by atomic mass is 32.2. The van der Waals surface area contributed by atoms with Gasteiger partial charge in [0.05, 0.1) is 0 Å². The number of hydrogen-bond donors (Lipinski definition) is 0. The van der Waals surface area contributed by atoms with Crippen LogP contribution in [-0.4, -0.2) is 28.3 Å². The average molecular weight is 239 g/mol. The molecule has 5 heteroatoms. The third-order valence-electron chi connectivity index (χ3n) is 2.34. The molecule has 0 radical (unpaired) electrons. The molecule has 0 bridgehead atoms. The summed E-state index contributed by atoms with van der Waals surface area (Å²) < 4.78 is 13.8. The van der Waals surface area contributed by atoms with Crippen molar-refractivity contribution in [3.63, 3.8) is 0 Å². The molecule has 1 saturated heterocycles. The summed E-state index contributed by atoms with van der Waals surface area (Å²) in [5.74, 6) is -0.215. The van der Waals surface area contributed by atoms with Gasteiger partial charge in [0.1, 0.15) is 0 Å². The Balaban J connectivity index is 2.13. The van der Waals surface area contributed by atoms with E-state index in [2.05, 4.69) is 0 Å². The Morgan fingerprint density at radius 1 is 1.38 bits per heavy atom. The number of nitrogens with zero attached hydrogens (tertiary/aromatic N) is 1. The number of amides is 2. The Morgan fingerprint density at radius 2 is 2.06 bits per heavy atom. The van der Waals surface area contributed by atoms with Crippen LogP contribution in [0.2, 0.25) is 0 Å². The van der Waals surface area contributed by atoms with Crippen LogP contribution in [0.1, 0.15) is 11.7 Å². The molecule has 0 saturated carbocycles. The van der Waals surface area contributed by atoms with Crippen molar-refractivity contribution in [3.05, 3.63) is 35.9 Å². The van der Waals surface area contributed by atoms with Crippen LogP contribution < -0.4 is 0 Å². The van der Waals surface area contributed by atoms with Crippen LogP contribution in [0, 0.1) is 0 Å². The number of carbonyl (C=O) groups excluding carboxylic acids is 2. The summed E-state index contributed by atoms with van der Waals surface area (Å²) in [5, 5.41) is -0.358. The van der Waals surface area contributed by atoms with E-state index in [1.807, 2.05) is 0 Å². The highest BCUT2D eigenvalue weighted by Crippen LogP contribution is 2.25. The molecule has 0 aromatic heterocycles. The summed E-state index contributed by atoms with van der Waals surface area (Å²) >= 11 is 1.05. The second-order valence-electron chi connectivity index (χ2n) is 3.38. The number of alkyl halides is 1. The lowest BCUT2D eigenvalue weighted by Gasteiger charge is -2.15. The van der Waals surface area contributed by atoms with Crippen LogP contribution in [-0.2, 0) is 4.79 Å². The number of halogens is 1. The number of carbonyl (C=O) groups is 2. The zero-order valence-electron chi connectivity index (χ0n) is 8.43. The third-order valence-corrected chi connectivity index (χ3v) is 3.19. The van der Waals surface area contributed by atoms with Gasteiger partial charge in [-0.1, -0.05) is 42.1 Å². The maximum atomic E-state index is 13.8. The Labute approximate surface area is 96.6 Å². The number of thioether (sulfide) groups is 1. The molecule has 1 aromatic carbocycles. The highest BCUT2D eigenvalue weighted by Gasteiger charge is 2.33. The van der Waals surface area contributed by atoms with Gasteiger partial charge in [0.2, 0.25) is 6.17 Å². The maximum absolute atomic E-state index is 13.8. The lowest BCUT2D eigenvalue weighted by atomic mass is 10.1. The van der Waals surface area contributed by atoms with Gasteiger partial charge in [-0.2, -0.15) is 0 Å². The first kappa shape index (κ1) is 11.1. The summed E-state index contributed by atoms with van der Waals surface area (Å²) in [7, 11) is 0.